The largest absolute Gasteiger partial charge is 0.458 e. The van der Waals surface area contributed by atoms with Crippen LogP contribution in [0.4, 0.5) is 0 Å². The van der Waals surface area contributed by atoms with E-state index in [0.717, 1.165) is 25.7 Å². The lowest BCUT2D eigenvalue weighted by Gasteiger charge is -2.74. The average molecular weight is 605 g/mol. The number of esters is 2. The van der Waals surface area contributed by atoms with E-state index in [1.807, 2.05) is 18.2 Å². The Labute approximate surface area is 263 Å². The Morgan fingerprint density at radius 3 is 2.20 bits per heavy atom. The molecule has 6 rings (SSSR count). The van der Waals surface area contributed by atoms with E-state index in [1.54, 1.807) is 12.1 Å². The molecule has 0 aliphatic heterocycles. The molecule has 240 valence electrons. The first-order valence-corrected chi connectivity index (χ1v) is 16.7. The predicted octanol–water partition coefficient (Wildman–Crippen LogP) is 6.90. The van der Waals surface area contributed by atoms with Gasteiger partial charge in [0.1, 0.15) is 12.2 Å². The summed E-state index contributed by atoms with van der Waals surface area (Å²) in [5.74, 6) is -0.501. The summed E-state index contributed by atoms with van der Waals surface area (Å²) >= 11 is 0. The van der Waals surface area contributed by atoms with Crippen LogP contribution in [0.2, 0.25) is 0 Å². The van der Waals surface area contributed by atoms with Gasteiger partial charge in [0.2, 0.25) is 0 Å². The van der Waals surface area contributed by atoms with Crippen LogP contribution in [0.25, 0.3) is 0 Å². The molecule has 13 atom stereocenters. The number of hydrogen-bond acceptors (Lipinski definition) is 6. The lowest BCUT2D eigenvalue weighted by Crippen LogP contribution is -2.76. The molecule has 0 bridgehead atoms. The van der Waals surface area contributed by atoms with Crippen LogP contribution < -0.4 is 0 Å². The maximum Gasteiger partial charge on any atom is 0.338 e. The van der Waals surface area contributed by atoms with Gasteiger partial charge in [0, 0.05) is 24.2 Å². The first kappa shape index (κ1) is 31.5. The molecule has 2 N–H and O–H groups in total. The summed E-state index contributed by atoms with van der Waals surface area (Å²) in [6, 6.07) is 8.95. The summed E-state index contributed by atoms with van der Waals surface area (Å²) in [5.41, 5.74) is 0.699. The predicted molar refractivity (Wildman–Crippen MR) is 169 cm³/mol. The molecule has 0 saturated heterocycles. The Balaban J connectivity index is 1.55. The molecular weight excluding hydrogens is 552 g/mol. The van der Waals surface area contributed by atoms with Crippen LogP contribution in [0.1, 0.15) is 96.8 Å². The Kier molecular flexibility index (Phi) is 7.56. The van der Waals surface area contributed by atoms with Gasteiger partial charge in [-0.2, -0.15) is 0 Å². The molecule has 0 amide bonds. The maximum absolute atomic E-state index is 13.9. The highest BCUT2D eigenvalue weighted by Gasteiger charge is 2.77. The van der Waals surface area contributed by atoms with Gasteiger partial charge < -0.3 is 19.7 Å². The van der Waals surface area contributed by atoms with E-state index >= 15 is 0 Å². The molecule has 5 aliphatic carbocycles. The van der Waals surface area contributed by atoms with Crippen LogP contribution in [0, 0.1) is 51.2 Å². The van der Waals surface area contributed by atoms with E-state index in [9.17, 15) is 19.8 Å². The first-order valence-electron chi connectivity index (χ1n) is 16.7. The molecule has 0 heterocycles. The lowest BCUT2D eigenvalue weighted by atomic mass is 9.31. The van der Waals surface area contributed by atoms with Crippen molar-refractivity contribution in [3.63, 3.8) is 0 Å². The third-order valence-corrected chi connectivity index (χ3v) is 14.2. The number of benzene rings is 1. The van der Waals surface area contributed by atoms with Gasteiger partial charge in [0.05, 0.1) is 17.8 Å². The Hall–Kier alpha value is -2.44. The van der Waals surface area contributed by atoms with Gasteiger partial charge in [0.15, 0.2) is 0 Å². The minimum Gasteiger partial charge on any atom is -0.458 e. The second-order valence-electron chi connectivity index (χ2n) is 16.1. The van der Waals surface area contributed by atoms with Crippen LogP contribution in [-0.4, -0.2) is 46.6 Å². The second-order valence-corrected chi connectivity index (χ2v) is 16.1. The minimum absolute atomic E-state index is 0.000600. The highest BCUT2D eigenvalue weighted by molar-refractivity contribution is 5.89. The third kappa shape index (κ3) is 4.18. The molecule has 5 saturated carbocycles. The van der Waals surface area contributed by atoms with Crippen molar-refractivity contribution in [2.75, 3.05) is 0 Å². The van der Waals surface area contributed by atoms with Crippen molar-refractivity contribution in [1.29, 1.82) is 0 Å². The molecule has 5 aliphatic rings. The van der Waals surface area contributed by atoms with Gasteiger partial charge in [-0.3, -0.25) is 4.79 Å². The van der Waals surface area contributed by atoms with Crippen LogP contribution in [0.3, 0.4) is 0 Å². The zero-order valence-corrected chi connectivity index (χ0v) is 27.5. The van der Waals surface area contributed by atoms with Crippen molar-refractivity contribution in [2.24, 2.45) is 51.2 Å². The van der Waals surface area contributed by atoms with E-state index in [4.69, 9.17) is 9.47 Å². The molecule has 1 aromatic rings. The fourth-order valence-corrected chi connectivity index (χ4v) is 12.3. The van der Waals surface area contributed by atoms with E-state index in [-0.39, 0.29) is 22.7 Å². The van der Waals surface area contributed by atoms with Crippen LogP contribution >= 0.6 is 0 Å². The fraction of sp³-hybridized carbons (Fsp3) is 0.684. The quantitative estimate of drug-likeness (QED) is 0.287. The van der Waals surface area contributed by atoms with Gasteiger partial charge in [-0.1, -0.05) is 64.6 Å². The number of aliphatic hydroxyl groups is 2. The highest BCUT2D eigenvalue weighted by Crippen LogP contribution is 2.77. The van der Waals surface area contributed by atoms with Crippen molar-refractivity contribution < 1.29 is 29.3 Å². The fourth-order valence-electron chi connectivity index (χ4n) is 12.3. The number of rotatable bonds is 4. The molecule has 0 radical (unpaired) electrons. The summed E-state index contributed by atoms with van der Waals surface area (Å²) in [7, 11) is 0. The van der Waals surface area contributed by atoms with Crippen molar-refractivity contribution in [2.45, 2.75) is 111 Å². The number of ether oxygens (including phenoxy) is 2. The van der Waals surface area contributed by atoms with E-state index < -0.39 is 53.1 Å². The SMILES string of the molecule is C=C1[C@@H]2[C@H](OC(C)=O)[C@H](OC(=O)c3ccccc3)[C@]3(C)[C@H]([C@@H](O)C[C@@H]4[C@@]5(C)CC[C@@H](C(=C)C)[C@@H]5CC[C@]43C)[C@@]2(C)CC[C@@H]1O. The third-order valence-electron chi connectivity index (χ3n) is 14.2. The molecule has 0 spiro atoms. The number of allylic oxidation sites excluding steroid dienone is 1. The van der Waals surface area contributed by atoms with Gasteiger partial charge in [0.25, 0.3) is 0 Å². The molecule has 44 heavy (non-hydrogen) atoms. The minimum atomic E-state index is -0.842. The monoisotopic (exact) mass is 604 g/mol. The Morgan fingerprint density at radius 2 is 1.57 bits per heavy atom. The average Bonchev–Trinajstić information content (AvgIpc) is 3.32. The van der Waals surface area contributed by atoms with Crippen molar-refractivity contribution in [1.82, 2.24) is 0 Å². The standard InChI is InChI=1S/C38H52O6/c1-21(2)25-14-17-35(5)26(25)15-19-37(7)29(35)20-28(41)32-36(6)18-16-27(40)22(3)30(36)31(43-23(4)39)33(38(32,37)8)44-34(42)24-12-10-9-11-13-24/h9-13,25-33,40-41H,1,3,14-20H2,2,4-8H3/t25-,26-,27-,28-,29+,30+,31-,32+,33-,35-,36-,37+,38-/m0/s1. The number of carbonyl (C=O) groups is 2. The zero-order valence-electron chi connectivity index (χ0n) is 27.5. The van der Waals surface area contributed by atoms with E-state index in [1.165, 1.54) is 12.5 Å². The molecule has 6 heteroatoms. The molecule has 0 unspecified atom stereocenters. The Bertz CT molecular complexity index is 1350. The van der Waals surface area contributed by atoms with Crippen molar-refractivity contribution in [3.05, 3.63) is 60.2 Å². The van der Waals surface area contributed by atoms with Crippen LogP contribution in [0.5, 0.6) is 0 Å². The summed E-state index contributed by atoms with van der Waals surface area (Å²) in [6.07, 6.45) is 2.95. The highest BCUT2D eigenvalue weighted by atomic mass is 16.6. The first-order chi connectivity index (χ1) is 20.6. The van der Waals surface area contributed by atoms with E-state index in [0.29, 0.717) is 42.2 Å². The van der Waals surface area contributed by atoms with Crippen LogP contribution in [0.15, 0.2) is 54.6 Å². The topological polar surface area (TPSA) is 93.1 Å². The van der Waals surface area contributed by atoms with E-state index in [2.05, 4.69) is 47.8 Å². The van der Waals surface area contributed by atoms with Crippen molar-refractivity contribution in [3.8, 4) is 0 Å². The van der Waals surface area contributed by atoms with Crippen LogP contribution in [-0.2, 0) is 14.3 Å². The molecule has 6 nitrogen and oxygen atoms in total. The van der Waals surface area contributed by atoms with Gasteiger partial charge >= 0.3 is 11.9 Å². The summed E-state index contributed by atoms with van der Waals surface area (Å²) in [6.45, 7) is 21.5. The summed E-state index contributed by atoms with van der Waals surface area (Å²) < 4.78 is 12.9. The molecule has 5 fully saturated rings. The smallest absolute Gasteiger partial charge is 0.338 e. The normalized spacial score (nSPS) is 47.8. The zero-order chi connectivity index (χ0) is 32.0. The number of carbonyl (C=O) groups excluding carboxylic acids is 2. The van der Waals surface area contributed by atoms with Crippen molar-refractivity contribution >= 4 is 11.9 Å². The van der Waals surface area contributed by atoms with Gasteiger partial charge in [-0.25, -0.2) is 4.79 Å². The lowest BCUT2D eigenvalue weighted by molar-refractivity contribution is -0.315. The van der Waals surface area contributed by atoms with Gasteiger partial charge in [-0.15, -0.1) is 0 Å². The number of fused-ring (bicyclic) bond motifs is 7. The molecular formula is C38H52O6. The number of aliphatic hydroxyl groups excluding tert-OH is 2. The maximum atomic E-state index is 13.9. The molecule has 0 aromatic heterocycles. The summed E-state index contributed by atoms with van der Waals surface area (Å²) in [4.78, 5) is 26.8. The number of hydrogen-bond donors (Lipinski definition) is 2. The second kappa shape index (κ2) is 10.6. The molecule has 1 aromatic carbocycles. The Morgan fingerprint density at radius 1 is 0.909 bits per heavy atom. The van der Waals surface area contributed by atoms with Gasteiger partial charge in [-0.05, 0) is 104 Å². The summed E-state index contributed by atoms with van der Waals surface area (Å²) in [5, 5.41) is 23.6.